The van der Waals surface area contributed by atoms with Gasteiger partial charge in [0.15, 0.2) is 0 Å². The first-order chi connectivity index (χ1) is 70.9. The molecule has 0 saturated carbocycles. The van der Waals surface area contributed by atoms with E-state index in [0.717, 1.165) is 28.4 Å². The molecule has 6 nitrogen and oxygen atoms in total. The minimum absolute atomic E-state index is 0.270. The monoisotopic (exact) mass is 2020 g/mol. The Kier molecular flexibility index (Phi) is 21.6. The molecule has 9 heteroatoms. The van der Waals surface area contributed by atoms with Gasteiger partial charge in [-0.25, -0.2) is 0 Å². The van der Waals surface area contributed by atoms with E-state index >= 15 is 0 Å². The number of para-hydroxylation sites is 7. The second kappa shape index (κ2) is 36.3. The first-order valence-electron chi connectivity index (χ1n) is 48.6. The second-order valence-corrected chi connectivity index (χ2v) is 43.4. The zero-order chi connectivity index (χ0) is 94.4. The van der Waals surface area contributed by atoms with Gasteiger partial charge >= 0.3 is 705 Å². The normalized spacial score (nSPS) is 11.6. The molecule has 0 amide bonds. The minimum atomic E-state index is 0.270. The van der Waals surface area contributed by atoms with Gasteiger partial charge in [-0.05, 0) is 36.4 Å². The van der Waals surface area contributed by atoms with Gasteiger partial charge in [0.2, 0.25) is 0 Å². The van der Waals surface area contributed by atoms with Gasteiger partial charge in [0.05, 0.1) is 11.0 Å². The molecule has 29 rings (SSSR count). The number of hydrogen-bond acceptors (Lipinski definition) is 3. The Labute approximate surface area is 845 Å². The summed E-state index contributed by atoms with van der Waals surface area (Å²) >= 11 is 0.874. The summed E-state index contributed by atoms with van der Waals surface area (Å²) in [6.45, 7) is 0. The molecular formula is C134H88N6Se3. The molecule has 0 radical (unpaired) electrons. The molecule has 0 atom stereocenters. The average Bonchev–Trinajstić information content (AvgIpc) is 1.60. The van der Waals surface area contributed by atoms with E-state index in [9.17, 15) is 0 Å². The van der Waals surface area contributed by atoms with E-state index in [1.807, 2.05) is 0 Å². The SMILES string of the molecule is c1ccc(-c2ccc(N(c3ccc(-c4ccc5c(c4)c4ccccc4n5-c4ccccc4)cc3)c3ccc4c(c3)[se]c3ccccc34)cc2)cc1.c1ccc(-n2c3ccccc3c3cc(N(c4ccc5c(c4)[se]c4ccccc45)c4cc5ccccc5c5ccccc45)ccc32)cc1.c1ccc(N(c2ccc(-c3ccc4c(c3)c3ccccc3n4-c3ccccc3)cc2)c2ccc3c(c2)[se]c2ccccc23)cc1. The van der Waals surface area contributed by atoms with E-state index in [0.29, 0.717) is 14.5 Å². The number of aromatic nitrogens is 3. The molecule has 0 aliphatic rings. The molecular weight excluding hydrogens is 1930 g/mol. The Morgan fingerprint density at radius 1 is 0.133 bits per heavy atom. The first kappa shape index (κ1) is 85.2. The summed E-state index contributed by atoms with van der Waals surface area (Å²) in [5.74, 6) is 0. The van der Waals surface area contributed by atoms with Gasteiger partial charge in [0.1, 0.15) is 0 Å². The van der Waals surface area contributed by atoms with Crippen molar-refractivity contribution in [3.05, 3.63) is 534 Å². The van der Waals surface area contributed by atoms with Crippen molar-refractivity contribution in [2.45, 2.75) is 0 Å². The Hall–Kier alpha value is -17.1. The quantitative estimate of drug-likeness (QED) is 0.0755. The summed E-state index contributed by atoms with van der Waals surface area (Å²) in [7, 11) is 0. The van der Waals surface area contributed by atoms with Crippen molar-refractivity contribution >= 4 is 240 Å². The number of rotatable bonds is 15. The Morgan fingerprint density at radius 3 is 0.804 bits per heavy atom. The fourth-order valence-corrected chi connectivity index (χ4v) is 28.9. The van der Waals surface area contributed by atoms with Crippen LogP contribution >= 0.6 is 0 Å². The van der Waals surface area contributed by atoms with Gasteiger partial charge in [-0.3, -0.25) is 0 Å². The Bertz CT molecular complexity index is 9920. The molecule has 23 aromatic carbocycles. The van der Waals surface area contributed by atoms with Crippen LogP contribution in [0, 0.1) is 0 Å². The van der Waals surface area contributed by atoms with Crippen LogP contribution in [-0.2, 0) is 0 Å². The number of hydrogen-bond donors (Lipinski definition) is 0. The maximum atomic E-state index is 2.49. The maximum absolute atomic E-state index is 2.49. The van der Waals surface area contributed by atoms with Crippen molar-refractivity contribution < 1.29 is 0 Å². The van der Waals surface area contributed by atoms with Crippen molar-refractivity contribution in [1.29, 1.82) is 0 Å². The van der Waals surface area contributed by atoms with Crippen LogP contribution in [0.25, 0.3) is 195 Å². The molecule has 0 aliphatic carbocycles. The van der Waals surface area contributed by atoms with Crippen LogP contribution < -0.4 is 14.7 Å². The first-order valence-corrected chi connectivity index (χ1v) is 53.8. The van der Waals surface area contributed by atoms with Crippen LogP contribution in [0.2, 0.25) is 0 Å². The molecule has 6 heterocycles. The number of nitrogens with zero attached hydrogens (tertiary/aromatic N) is 6. The molecule has 0 spiro atoms. The second-order valence-electron chi connectivity index (χ2n) is 36.6. The molecule has 143 heavy (non-hydrogen) atoms. The van der Waals surface area contributed by atoms with Crippen molar-refractivity contribution in [3.8, 4) is 50.4 Å². The summed E-state index contributed by atoms with van der Waals surface area (Å²) in [5.41, 5.74) is 28.6. The van der Waals surface area contributed by atoms with Gasteiger partial charge < -0.3 is 9.13 Å². The molecule has 0 N–H and O–H groups in total. The van der Waals surface area contributed by atoms with Crippen molar-refractivity contribution in [3.63, 3.8) is 0 Å². The zero-order valence-corrected chi connectivity index (χ0v) is 82.9. The molecule has 0 bridgehead atoms. The number of benzene rings is 23. The van der Waals surface area contributed by atoms with Crippen molar-refractivity contribution in [2.24, 2.45) is 0 Å². The third-order valence-electron chi connectivity index (χ3n) is 28.3. The summed E-state index contributed by atoms with van der Waals surface area (Å²) < 4.78 is 15.8. The predicted octanol–water partition coefficient (Wildman–Crippen LogP) is 36.2. The number of fused-ring (bicyclic) bond motifs is 21. The van der Waals surface area contributed by atoms with Crippen LogP contribution in [-0.4, -0.2) is 57.2 Å². The van der Waals surface area contributed by atoms with Crippen LogP contribution in [0.15, 0.2) is 534 Å². The third kappa shape index (κ3) is 15.3. The molecule has 29 aromatic rings. The van der Waals surface area contributed by atoms with E-state index in [1.165, 1.54) is 218 Å². The Morgan fingerprint density at radius 2 is 0.392 bits per heavy atom. The van der Waals surface area contributed by atoms with E-state index in [2.05, 4.69) is 562 Å². The summed E-state index contributed by atoms with van der Waals surface area (Å²) in [6.07, 6.45) is 0. The molecule has 0 aliphatic heterocycles. The van der Waals surface area contributed by atoms with E-state index in [4.69, 9.17) is 0 Å². The van der Waals surface area contributed by atoms with Gasteiger partial charge in [0, 0.05) is 11.4 Å². The van der Waals surface area contributed by atoms with Gasteiger partial charge in [-0.2, -0.15) is 0 Å². The van der Waals surface area contributed by atoms with Crippen LogP contribution in [0.1, 0.15) is 0 Å². The van der Waals surface area contributed by atoms with E-state index in [1.54, 1.807) is 0 Å². The van der Waals surface area contributed by atoms with E-state index < -0.39 is 0 Å². The fraction of sp³-hybridized carbons (Fsp3) is 0. The van der Waals surface area contributed by atoms with Crippen LogP contribution in [0.4, 0.5) is 51.2 Å². The molecule has 0 fully saturated rings. The van der Waals surface area contributed by atoms with Gasteiger partial charge in [-0.15, -0.1) is 0 Å². The predicted molar refractivity (Wildman–Crippen MR) is 614 cm³/mol. The number of anilines is 9. The average molecular weight is 2020 g/mol. The van der Waals surface area contributed by atoms with E-state index in [-0.39, 0.29) is 29.0 Å². The van der Waals surface area contributed by atoms with Crippen molar-refractivity contribution in [1.82, 2.24) is 13.7 Å². The Balaban J connectivity index is 0.000000107. The van der Waals surface area contributed by atoms with Crippen molar-refractivity contribution in [2.75, 3.05) is 14.7 Å². The summed E-state index contributed by atoms with van der Waals surface area (Å²) in [6, 6.07) is 195. The molecule has 672 valence electrons. The van der Waals surface area contributed by atoms with Gasteiger partial charge in [0.25, 0.3) is 0 Å². The zero-order valence-electron chi connectivity index (χ0n) is 77.7. The third-order valence-corrected chi connectivity index (χ3v) is 35.5. The standard InChI is InChI=1S/C48H32N2Se.C44H28N2Se.C42H28N2Se/c1-3-11-33(12-4-1)34-19-24-38(25-20-34)49(40-28-29-43-42-16-8-10-18-47(42)51-48(43)32-40)39-26-21-35(22-27-39)36-23-30-46-44(31-36)41-15-7-9-17-45(41)50(46)37-13-5-2-6-14-37;1-2-13-30(14-3-1)46-40-20-10-8-18-36(40)39-27-31(23-25-41(39)46)45(32-22-24-38-37-19-9-11-21-43(37)47-44(38)28-32)42-26-29-12-4-5-15-33(29)34-16-6-7-17-35(34)42;1-3-11-31(12-4-1)43(34-24-25-37-36-16-8-10-18-41(36)45-42(37)28-34)33-22-19-29(20-23-33)30-21-26-40-38(27-30)35-15-7-9-17-39(35)44(40)32-13-5-2-6-14-32/h1-32H;1-28H;1-28H. The molecule has 0 unspecified atom stereocenters. The molecule has 0 saturated heterocycles. The summed E-state index contributed by atoms with van der Waals surface area (Å²) in [5, 5.41) is 20.9. The topological polar surface area (TPSA) is 24.5 Å². The summed E-state index contributed by atoms with van der Waals surface area (Å²) in [4.78, 5) is 7.26. The molecule has 6 aromatic heterocycles. The van der Waals surface area contributed by atoms with Crippen LogP contribution in [0.3, 0.4) is 0 Å². The van der Waals surface area contributed by atoms with Gasteiger partial charge in [-0.1, -0.05) is 78.9 Å². The van der Waals surface area contributed by atoms with Crippen LogP contribution in [0.5, 0.6) is 0 Å². The fourth-order valence-electron chi connectivity index (χ4n) is 21.7.